The third kappa shape index (κ3) is 7.97. The van der Waals surface area contributed by atoms with Gasteiger partial charge in [-0.2, -0.15) is 0 Å². The van der Waals surface area contributed by atoms with Gasteiger partial charge in [0.1, 0.15) is 23.1 Å². The first kappa shape index (κ1) is 32.4. The van der Waals surface area contributed by atoms with Gasteiger partial charge in [0, 0.05) is 37.6 Å². The van der Waals surface area contributed by atoms with Crippen molar-refractivity contribution in [3.63, 3.8) is 0 Å². The number of nitrogens with one attached hydrogen (secondary N) is 1. The molecule has 0 saturated carbocycles. The number of halogens is 2. The number of rotatable bonds is 14. The molecule has 0 fully saturated rings. The zero-order valence-corrected chi connectivity index (χ0v) is 25.5. The summed E-state index contributed by atoms with van der Waals surface area (Å²) >= 11 is 0. The summed E-state index contributed by atoms with van der Waals surface area (Å²) in [6, 6.07) is 27.5. The van der Waals surface area contributed by atoms with Crippen LogP contribution in [0.2, 0.25) is 0 Å². The molecule has 1 heterocycles. The molecule has 7 nitrogen and oxygen atoms in total. The lowest BCUT2D eigenvalue weighted by Gasteiger charge is -2.30. The van der Waals surface area contributed by atoms with Gasteiger partial charge in [-0.05, 0) is 71.6 Å². The van der Waals surface area contributed by atoms with Crippen LogP contribution in [0.5, 0.6) is 11.5 Å². The van der Waals surface area contributed by atoms with Crippen LogP contribution in [0.15, 0.2) is 108 Å². The number of methoxy groups -OCH3 is 1. The average molecular weight is 627 g/mol. The monoisotopic (exact) mass is 626 g/mol. The van der Waals surface area contributed by atoms with E-state index in [4.69, 9.17) is 24.3 Å². The quantitative estimate of drug-likeness (QED) is 0.157. The molecular weight excluding hydrogens is 590 g/mol. The number of aliphatic hydroxyl groups excluding tert-OH is 1. The number of hydrogen-bond acceptors (Lipinski definition) is 6. The molecule has 0 spiro atoms. The third-order valence-corrected chi connectivity index (χ3v) is 7.59. The van der Waals surface area contributed by atoms with Gasteiger partial charge >= 0.3 is 0 Å². The summed E-state index contributed by atoms with van der Waals surface area (Å²) in [7, 11) is 1.57. The molecule has 46 heavy (non-hydrogen) atoms. The van der Waals surface area contributed by atoms with E-state index in [1.165, 1.54) is 12.1 Å². The maximum absolute atomic E-state index is 14.3. The maximum atomic E-state index is 14.3. The van der Waals surface area contributed by atoms with Crippen molar-refractivity contribution in [3.8, 4) is 11.5 Å². The number of aliphatic hydroxyl groups is 1. The Morgan fingerprint density at radius 1 is 0.978 bits per heavy atom. The number of nitrogens with zero attached hydrogens (tertiary/aromatic N) is 1. The highest BCUT2D eigenvalue weighted by molar-refractivity contribution is 6.01. The first-order chi connectivity index (χ1) is 22.4. The highest BCUT2D eigenvalue weighted by Crippen LogP contribution is 2.43. The normalized spacial score (nSPS) is 17.4. The van der Waals surface area contributed by atoms with Crippen LogP contribution in [-0.2, 0) is 16.0 Å². The van der Waals surface area contributed by atoms with Crippen LogP contribution in [0.4, 0.5) is 8.78 Å². The summed E-state index contributed by atoms with van der Waals surface area (Å²) < 4.78 is 45.3. The number of ether oxygens (including phenoxy) is 3. The van der Waals surface area contributed by atoms with Crippen molar-refractivity contribution in [2.75, 3.05) is 26.9 Å². The minimum absolute atomic E-state index is 0.0381. The minimum Gasteiger partial charge on any atom is -0.497 e. The second kappa shape index (κ2) is 15.3. The van der Waals surface area contributed by atoms with Crippen LogP contribution in [0.3, 0.4) is 0 Å². The average Bonchev–Trinajstić information content (AvgIpc) is 3.46. The molecule has 4 aromatic rings. The van der Waals surface area contributed by atoms with Crippen molar-refractivity contribution in [2.45, 2.75) is 30.9 Å². The van der Waals surface area contributed by atoms with E-state index in [0.29, 0.717) is 41.2 Å². The second-order valence-electron chi connectivity index (χ2n) is 10.9. The van der Waals surface area contributed by atoms with Gasteiger partial charge in [-0.25, -0.2) is 13.8 Å². The van der Waals surface area contributed by atoms with Crippen LogP contribution in [0.1, 0.15) is 41.2 Å². The van der Waals surface area contributed by atoms with Crippen molar-refractivity contribution in [3.05, 3.63) is 137 Å². The fourth-order valence-corrected chi connectivity index (χ4v) is 5.29. The summed E-state index contributed by atoms with van der Waals surface area (Å²) in [5.74, 6) is -0.237. The Balaban J connectivity index is 1.50. The van der Waals surface area contributed by atoms with Crippen molar-refractivity contribution in [1.29, 1.82) is 0 Å². The summed E-state index contributed by atoms with van der Waals surface area (Å²) in [4.78, 5) is 19.3. The number of hydrogen-bond donors (Lipinski definition) is 2. The molecule has 4 aromatic carbocycles. The van der Waals surface area contributed by atoms with E-state index >= 15 is 0 Å². The third-order valence-electron chi connectivity index (χ3n) is 7.59. The fourth-order valence-electron chi connectivity index (χ4n) is 5.29. The summed E-state index contributed by atoms with van der Waals surface area (Å²) in [5.41, 5.74) is 1.30. The number of carbonyl (C=O) groups excluding carboxylic acids is 1. The molecule has 5 rings (SSSR count). The topological polar surface area (TPSA) is 89.4 Å². The second-order valence-corrected chi connectivity index (χ2v) is 10.9. The molecule has 0 unspecified atom stereocenters. The van der Waals surface area contributed by atoms with E-state index in [0.717, 1.165) is 11.6 Å². The molecule has 1 amide bonds. The van der Waals surface area contributed by atoms with Gasteiger partial charge in [0.15, 0.2) is 11.6 Å². The van der Waals surface area contributed by atoms with Gasteiger partial charge in [-0.1, -0.05) is 54.6 Å². The van der Waals surface area contributed by atoms with Crippen molar-refractivity contribution in [1.82, 2.24) is 5.32 Å². The largest absolute Gasteiger partial charge is 0.497 e. The number of aliphatic imine (C=N–C) groups is 1. The molecule has 0 aliphatic carbocycles. The highest BCUT2D eigenvalue weighted by Gasteiger charge is 2.52. The Hall–Kier alpha value is -5.02. The van der Waals surface area contributed by atoms with Gasteiger partial charge in [0.2, 0.25) is 5.90 Å². The van der Waals surface area contributed by atoms with Gasteiger partial charge in [-0.15, -0.1) is 0 Å². The Labute approximate surface area is 267 Å². The molecule has 1 aliphatic rings. The Kier molecular flexibility index (Phi) is 10.8. The van der Waals surface area contributed by atoms with Crippen LogP contribution in [0.25, 0.3) is 6.08 Å². The fraction of sp³-hybridized carbons (Fsp3) is 0.243. The number of amides is 1. The van der Waals surface area contributed by atoms with Crippen molar-refractivity contribution >= 4 is 17.9 Å². The molecule has 0 aromatic heterocycles. The van der Waals surface area contributed by atoms with Crippen LogP contribution < -0.4 is 14.8 Å². The minimum atomic E-state index is -1.43. The molecule has 9 heteroatoms. The smallest absolute Gasteiger partial charge is 0.252 e. The van der Waals surface area contributed by atoms with E-state index in [2.05, 4.69) is 5.32 Å². The van der Waals surface area contributed by atoms with E-state index in [1.54, 1.807) is 19.2 Å². The first-order valence-electron chi connectivity index (χ1n) is 15.1. The lowest BCUT2D eigenvalue weighted by Crippen LogP contribution is -2.48. The van der Waals surface area contributed by atoms with Gasteiger partial charge in [-0.3, -0.25) is 4.79 Å². The predicted molar refractivity (Wildman–Crippen MR) is 173 cm³/mol. The van der Waals surface area contributed by atoms with Crippen LogP contribution in [0, 0.1) is 11.6 Å². The Morgan fingerprint density at radius 2 is 1.74 bits per heavy atom. The maximum Gasteiger partial charge on any atom is 0.252 e. The summed E-state index contributed by atoms with van der Waals surface area (Å²) in [5, 5.41) is 12.0. The lowest BCUT2D eigenvalue weighted by atomic mass is 9.84. The van der Waals surface area contributed by atoms with E-state index in [-0.39, 0.29) is 31.9 Å². The van der Waals surface area contributed by atoms with Crippen LogP contribution in [-0.4, -0.2) is 49.3 Å². The Morgan fingerprint density at radius 3 is 2.46 bits per heavy atom. The molecule has 238 valence electrons. The molecule has 0 radical (unpaired) electrons. The zero-order valence-electron chi connectivity index (χ0n) is 25.5. The number of benzene rings is 4. The van der Waals surface area contributed by atoms with Gasteiger partial charge in [0.05, 0.1) is 13.7 Å². The number of carbonyl (C=O) groups is 1. The summed E-state index contributed by atoms with van der Waals surface area (Å²) in [6.45, 7) is 0.544. The van der Waals surface area contributed by atoms with Crippen LogP contribution >= 0.6 is 0 Å². The molecule has 2 atom stereocenters. The molecule has 1 aliphatic heterocycles. The van der Waals surface area contributed by atoms with Gasteiger partial charge in [0.25, 0.3) is 5.91 Å². The Bertz CT molecular complexity index is 1660. The lowest BCUT2D eigenvalue weighted by molar-refractivity contribution is -0.128. The highest BCUT2D eigenvalue weighted by atomic mass is 19.1. The first-order valence-corrected chi connectivity index (χ1v) is 15.1. The molecular formula is C37H36F2N2O5. The molecule has 0 bridgehead atoms. The zero-order chi connectivity index (χ0) is 32.4. The predicted octanol–water partition coefficient (Wildman–Crippen LogP) is 6.45. The van der Waals surface area contributed by atoms with Crippen molar-refractivity contribution in [2.24, 2.45) is 4.99 Å². The van der Waals surface area contributed by atoms with Crippen molar-refractivity contribution < 1.29 is 32.9 Å². The SMILES string of the molecule is COc1cccc([C@H]2OC(c3ccc(OCCCO)cc3)=N[C@@]2(C/C=C/c2ccccc2)C(=O)NCCc2cc(F)cc(F)c2)c1. The standard InChI is InChI=1S/C37H36F2N2O5/c1-44-33-12-5-11-29(24-33)34-37(18-6-10-26-8-3-2-4-9-26,36(43)40-19-17-27-22-30(38)25-31(39)23-27)41-35(46-34)28-13-15-32(16-14-28)45-21-7-20-42/h2-6,8-16,22-25,34,42H,7,17-21H2,1H3,(H,40,43)/b10-6+/t34-,37-/m1/s1. The van der Waals surface area contributed by atoms with E-state index in [1.807, 2.05) is 78.9 Å². The molecule has 0 saturated heterocycles. The van der Waals surface area contributed by atoms with Gasteiger partial charge < -0.3 is 24.6 Å². The summed E-state index contributed by atoms with van der Waals surface area (Å²) in [6.07, 6.45) is 3.93. The van der Waals surface area contributed by atoms with E-state index < -0.39 is 29.2 Å². The molecule has 2 N–H and O–H groups in total. The van der Waals surface area contributed by atoms with E-state index in [9.17, 15) is 13.6 Å².